The van der Waals surface area contributed by atoms with Crippen molar-refractivity contribution >= 4 is 5.91 Å². The lowest BCUT2D eigenvalue weighted by molar-refractivity contribution is -0.130. The Bertz CT molecular complexity index is 201. The van der Waals surface area contributed by atoms with Crippen molar-refractivity contribution in [3.63, 3.8) is 0 Å². The van der Waals surface area contributed by atoms with Gasteiger partial charge in [0.1, 0.15) is 6.42 Å². The van der Waals surface area contributed by atoms with Crippen LogP contribution in [0.4, 0.5) is 0 Å². The Labute approximate surface area is 73.0 Å². The number of rotatable bonds is 2. The highest BCUT2D eigenvalue weighted by atomic mass is 16.2. The van der Waals surface area contributed by atoms with Crippen molar-refractivity contribution in [2.24, 2.45) is 0 Å². The van der Waals surface area contributed by atoms with E-state index < -0.39 is 0 Å². The van der Waals surface area contributed by atoms with Crippen LogP contribution in [0, 0.1) is 11.3 Å². The zero-order valence-electron chi connectivity index (χ0n) is 7.42. The van der Waals surface area contributed by atoms with Crippen LogP contribution >= 0.6 is 0 Å². The van der Waals surface area contributed by atoms with Gasteiger partial charge in [-0.05, 0) is 12.8 Å². The molecule has 0 aliphatic heterocycles. The molecule has 0 bridgehead atoms. The van der Waals surface area contributed by atoms with Gasteiger partial charge < -0.3 is 4.90 Å². The first-order valence-corrected chi connectivity index (χ1v) is 4.38. The van der Waals surface area contributed by atoms with Gasteiger partial charge in [0.15, 0.2) is 0 Å². The molecule has 1 amide bonds. The fourth-order valence-electron chi connectivity index (χ4n) is 1.69. The van der Waals surface area contributed by atoms with Gasteiger partial charge in [-0.25, -0.2) is 0 Å². The first-order valence-electron chi connectivity index (χ1n) is 4.38. The van der Waals surface area contributed by atoms with Gasteiger partial charge in [-0.1, -0.05) is 12.8 Å². The summed E-state index contributed by atoms with van der Waals surface area (Å²) in [4.78, 5) is 13.0. The topological polar surface area (TPSA) is 44.1 Å². The van der Waals surface area contributed by atoms with Gasteiger partial charge in [-0.15, -0.1) is 0 Å². The van der Waals surface area contributed by atoms with Crippen LogP contribution in [-0.4, -0.2) is 23.9 Å². The summed E-state index contributed by atoms with van der Waals surface area (Å²) in [7, 11) is 1.80. The lowest BCUT2D eigenvalue weighted by Crippen LogP contribution is -2.34. The first kappa shape index (κ1) is 9.05. The third-order valence-corrected chi connectivity index (χ3v) is 2.50. The van der Waals surface area contributed by atoms with Crippen LogP contribution in [0.25, 0.3) is 0 Å². The Balaban J connectivity index is 2.40. The van der Waals surface area contributed by atoms with E-state index >= 15 is 0 Å². The third kappa shape index (κ3) is 1.97. The molecule has 66 valence electrons. The molecule has 0 aromatic heterocycles. The Morgan fingerprint density at radius 2 is 2.17 bits per heavy atom. The highest BCUT2D eigenvalue weighted by Gasteiger charge is 2.22. The Morgan fingerprint density at radius 1 is 1.58 bits per heavy atom. The van der Waals surface area contributed by atoms with E-state index in [4.69, 9.17) is 5.26 Å². The number of nitriles is 1. The van der Waals surface area contributed by atoms with Gasteiger partial charge in [0.05, 0.1) is 6.07 Å². The maximum Gasteiger partial charge on any atom is 0.236 e. The molecule has 3 heteroatoms. The maximum absolute atomic E-state index is 11.2. The molecule has 1 saturated carbocycles. The lowest BCUT2D eigenvalue weighted by Gasteiger charge is -2.22. The average molecular weight is 166 g/mol. The molecule has 0 saturated heterocycles. The van der Waals surface area contributed by atoms with Crippen molar-refractivity contribution in [3.05, 3.63) is 0 Å². The Morgan fingerprint density at radius 3 is 2.67 bits per heavy atom. The molecule has 0 heterocycles. The molecule has 1 fully saturated rings. The van der Waals surface area contributed by atoms with Crippen LogP contribution in [0.1, 0.15) is 32.1 Å². The SMILES string of the molecule is CN(C(=O)CC#N)C1CCCC1. The molecule has 1 aliphatic carbocycles. The number of hydrogen-bond donors (Lipinski definition) is 0. The number of carbonyl (C=O) groups is 1. The molecule has 0 unspecified atom stereocenters. The molecule has 1 aliphatic rings. The predicted molar refractivity (Wildman–Crippen MR) is 45.3 cm³/mol. The minimum Gasteiger partial charge on any atom is -0.342 e. The van der Waals surface area contributed by atoms with Crippen molar-refractivity contribution in [3.8, 4) is 6.07 Å². The van der Waals surface area contributed by atoms with E-state index in [1.165, 1.54) is 12.8 Å². The van der Waals surface area contributed by atoms with E-state index in [-0.39, 0.29) is 12.3 Å². The smallest absolute Gasteiger partial charge is 0.236 e. The van der Waals surface area contributed by atoms with Gasteiger partial charge in [0.2, 0.25) is 5.91 Å². The molecule has 0 spiro atoms. The highest BCUT2D eigenvalue weighted by Crippen LogP contribution is 2.22. The van der Waals surface area contributed by atoms with Crippen LogP contribution in [-0.2, 0) is 4.79 Å². The van der Waals surface area contributed by atoms with Crippen LogP contribution in [0.2, 0.25) is 0 Å². The monoisotopic (exact) mass is 166 g/mol. The standard InChI is InChI=1S/C9H14N2O/c1-11(9(12)6-7-10)8-4-2-3-5-8/h8H,2-6H2,1H3. The zero-order valence-corrected chi connectivity index (χ0v) is 7.42. The Kier molecular flexibility index (Phi) is 3.09. The Hall–Kier alpha value is -1.04. The number of carbonyl (C=O) groups excluding carboxylic acids is 1. The second kappa shape index (κ2) is 4.10. The fourth-order valence-corrected chi connectivity index (χ4v) is 1.69. The molecule has 1 rings (SSSR count). The first-order chi connectivity index (χ1) is 5.75. The van der Waals surface area contributed by atoms with Crippen molar-refractivity contribution in [1.82, 2.24) is 4.90 Å². The van der Waals surface area contributed by atoms with Crippen LogP contribution in [0.5, 0.6) is 0 Å². The summed E-state index contributed by atoms with van der Waals surface area (Å²) in [5.41, 5.74) is 0. The maximum atomic E-state index is 11.2. The molecule has 0 aromatic rings. The second-order valence-corrected chi connectivity index (χ2v) is 3.28. The number of hydrogen-bond acceptors (Lipinski definition) is 2. The lowest BCUT2D eigenvalue weighted by atomic mass is 10.2. The van der Waals surface area contributed by atoms with E-state index in [0.29, 0.717) is 6.04 Å². The molecule has 0 N–H and O–H groups in total. The summed E-state index contributed by atoms with van der Waals surface area (Å²) in [6, 6.07) is 2.27. The average Bonchev–Trinajstić information content (AvgIpc) is 2.55. The largest absolute Gasteiger partial charge is 0.342 e. The number of nitrogens with zero attached hydrogens (tertiary/aromatic N) is 2. The highest BCUT2D eigenvalue weighted by molar-refractivity contribution is 5.78. The molecular formula is C9H14N2O. The molecule has 0 aromatic carbocycles. The molecule has 12 heavy (non-hydrogen) atoms. The number of amides is 1. The summed E-state index contributed by atoms with van der Waals surface area (Å²) < 4.78 is 0. The van der Waals surface area contributed by atoms with E-state index in [2.05, 4.69) is 0 Å². The van der Waals surface area contributed by atoms with Gasteiger partial charge >= 0.3 is 0 Å². The molecule has 3 nitrogen and oxygen atoms in total. The van der Waals surface area contributed by atoms with E-state index in [0.717, 1.165) is 12.8 Å². The van der Waals surface area contributed by atoms with Crippen molar-refractivity contribution in [2.75, 3.05) is 7.05 Å². The summed E-state index contributed by atoms with van der Waals surface area (Å²) in [5, 5.41) is 8.33. The molecular weight excluding hydrogens is 152 g/mol. The van der Waals surface area contributed by atoms with E-state index in [1.807, 2.05) is 6.07 Å². The van der Waals surface area contributed by atoms with Crippen LogP contribution in [0.3, 0.4) is 0 Å². The predicted octanol–water partition coefficient (Wildman–Crippen LogP) is 1.30. The van der Waals surface area contributed by atoms with Crippen molar-refractivity contribution in [1.29, 1.82) is 5.26 Å². The van der Waals surface area contributed by atoms with Crippen molar-refractivity contribution in [2.45, 2.75) is 38.1 Å². The summed E-state index contributed by atoms with van der Waals surface area (Å²) in [6.07, 6.45) is 4.66. The quantitative estimate of drug-likeness (QED) is 0.620. The zero-order chi connectivity index (χ0) is 8.97. The van der Waals surface area contributed by atoms with Gasteiger partial charge in [-0.3, -0.25) is 4.79 Å². The minimum atomic E-state index is -0.0376. The minimum absolute atomic E-state index is 0.0208. The summed E-state index contributed by atoms with van der Waals surface area (Å²) >= 11 is 0. The van der Waals surface area contributed by atoms with Crippen LogP contribution < -0.4 is 0 Å². The van der Waals surface area contributed by atoms with Gasteiger partial charge in [0, 0.05) is 13.1 Å². The molecule has 0 atom stereocenters. The van der Waals surface area contributed by atoms with Gasteiger partial charge in [0.25, 0.3) is 0 Å². The normalized spacial score (nSPS) is 17.3. The molecule has 0 radical (unpaired) electrons. The van der Waals surface area contributed by atoms with E-state index in [9.17, 15) is 4.79 Å². The van der Waals surface area contributed by atoms with E-state index in [1.54, 1.807) is 11.9 Å². The van der Waals surface area contributed by atoms with Crippen LogP contribution in [0.15, 0.2) is 0 Å². The summed E-state index contributed by atoms with van der Waals surface area (Å²) in [5.74, 6) is -0.0376. The fraction of sp³-hybridized carbons (Fsp3) is 0.778. The second-order valence-electron chi connectivity index (χ2n) is 3.28. The van der Waals surface area contributed by atoms with Gasteiger partial charge in [-0.2, -0.15) is 5.26 Å². The van der Waals surface area contributed by atoms with Crippen molar-refractivity contribution < 1.29 is 4.79 Å². The summed E-state index contributed by atoms with van der Waals surface area (Å²) in [6.45, 7) is 0. The third-order valence-electron chi connectivity index (χ3n) is 2.50.